The number of ether oxygens (including phenoxy) is 1. The molecule has 0 saturated carbocycles. The minimum atomic E-state index is -0.736. The molecule has 0 radical (unpaired) electrons. The Morgan fingerprint density at radius 1 is 0.338 bits per heavy atom. The molecule has 0 atom stereocenters. The van der Waals surface area contributed by atoms with Gasteiger partial charge in [0, 0.05) is 218 Å². The number of para-hydroxylation sites is 1. The van der Waals surface area contributed by atoms with Gasteiger partial charge in [0.25, 0.3) is 0 Å². The van der Waals surface area contributed by atoms with Crippen LogP contribution in [0.15, 0.2) is 248 Å². The highest BCUT2D eigenvalue weighted by molar-refractivity contribution is 7.11. The molecule has 0 aliphatic heterocycles. The monoisotopic (exact) mass is 2060 g/mol. The molecular formula is C113H142Cl2F7N11O11S-2. The summed E-state index contributed by atoms with van der Waals surface area (Å²) in [6.07, 6.45) is 21.1. The Hall–Kier alpha value is -13.5. The largest absolute Gasteiger partial charge is 0.875 e. The second-order valence-corrected chi connectivity index (χ2v) is 44.5. The SMILES string of the molecule is CC(C)(C)/C([O-])=C/c1ccc(F)cc1.CC(C)(C)/C([O-])=C/c1ccccc1F.CC(C)(C)/[N+]([O-])=C/c1c(F)cccc1F.CC(C)(C)/[N+]([O-])=C/c1ccc(-n2ccnc2)cc1.CC(C)(C)/[N+]([O-])=C/c1ccc(Cl)cc1Cl.CC(C)(C)/[N+]([O-])=C/c1ccc(F)cc1F.CC(C)(C)/[N+]([O-])=C/c1cccc(F)c1.CC(C)(C)/[N+]([O-])=C/c1ccccn1.CC(C)(C)/[N+]([O-])=C/c1cccs1.COc1ccccc1/C=[N+](\[O-])C(C)(C)C. The Balaban J connectivity index is 0.000000545. The summed E-state index contributed by atoms with van der Waals surface area (Å²) >= 11 is 13.3. The summed E-state index contributed by atoms with van der Waals surface area (Å²) in [5, 5.41) is 119. The number of imidazole rings is 1. The van der Waals surface area contributed by atoms with E-state index in [0.29, 0.717) is 47.7 Å². The highest BCUT2D eigenvalue weighted by atomic mass is 35.5. The van der Waals surface area contributed by atoms with Gasteiger partial charge in [-0.25, -0.2) is 73.6 Å². The summed E-state index contributed by atoms with van der Waals surface area (Å²) < 4.78 is 104. The van der Waals surface area contributed by atoms with E-state index in [-0.39, 0.29) is 51.1 Å². The average molecular weight is 2070 g/mol. The lowest BCUT2D eigenvalue weighted by Crippen LogP contribution is -2.29. The van der Waals surface area contributed by atoms with Crippen molar-refractivity contribution < 1.29 is 83.6 Å². The maximum Gasteiger partial charge on any atom is 0.200 e. The summed E-state index contributed by atoms with van der Waals surface area (Å²) in [6.45, 7) is 54.5. The number of hydrogen-bond acceptors (Lipinski definition) is 14. The molecule has 0 unspecified atom stereocenters. The lowest BCUT2D eigenvalue weighted by Gasteiger charge is -2.28. The van der Waals surface area contributed by atoms with Crippen LogP contribution in [0.3, 0.4) is 0 Å². The van der Waals surface area contributed by atoms with Gasteiger partial charge in [0.1, 0.15) is 57.7 Å². The summed E-state index contributed by atoms with van der Waals surface area (Å²) in [6, 6.07) is 54.3. The number of pyridine rings is 1. The van der Waals surface area contributed by atoms with Crippen molar-refractivity contribution in [2.75, 3.05) is 7.11 Å². The van der Waals surface area contributed by atoms with Crippen LogP contribution in [0.5, 0.6) is 5.75 Å². The Kier molecular flexibility index (Phi) is 50.4. The quantitative estimate of drug-likeness (QED) is 0.0275. The molecule has 22 nitrogen and oxygen atoms in total. The average Bonchev–Trinajstić information content (AvgIpc) is 1.71. The maximum atomic E-state index is 13.2. The van der Waals surface area contributed by atoms with Crippen LogP contribution in [0.25, 0.3) is 17.8 Å². The number of thiophene rings is 1. The first-order valence-corrected chi connectivity index (χ1v) is 47.7. The summed E-state index contributed by atoms with van der Waals surface area (Å²) in [7, 11) is 1.60. The number of hydrogen-bond donors (Lipinski definition) is 0. The van der Waals surface area contributed by atoms with E-state index in [9.17, 15) is 82.6 Å². The van der Waals surface area contributed by atoms with E-state index < -0.39 is 67.5 Å². The fraction of sp³-hybridized carbons (Fsp3) is 0.363. The van der Waals surface area contributed by atoms with Crippen LogP contribution >= 0.6 is 34.5 Å². The molecule has 3 heterocycles. The molecule has 0 aliphatic carbocycles. The molecule has 32 heteroatoms. The molecule has 11 rings (SSSR count). The molecule has 0 N–H and O–H groups in total. The van der Waals surface area contributed by atoms with E-state index in [1.165, 1.54) is 67.2 Å². The molecule has 145 heavy (non-hydrogen) atoms. The predicted octanol–water partition coefficient (Wildman–Crippen LogP) is 26.1. The molecule has 8 aromatic carbocycles. The van der Waals surface area contributed by atoms with Gasteiger partial charge in [0.2, 0.25) is 6.21 Å². The minimum absolute atomic E-state index is 0.0455. The third-order valence-corrected chi connectivity index (χ3v) is 20.4. The van der Waals surface area contributed by atoms with Crippen molar-refractivity contribution >= 4 is 96.4 Å². The van der Waals surface area contributed by atoms with Gasteiger partial charge in [-0.15, -0.1) is 22.9 Å². The lowest BCUT2D eigenvalue weighted by atomic mass is 9.92. The second kappa shape index (κ2) is 57.3. The summed E-state index contributed by atoms with van der Waals surface area (Å²) in [5.74, 6) is -3.15. The van der Waals surface area contributed by atoms with E-state index in [2.05, 4.69) is 9.97 Å². The lowest BCUT2D eigenvalue weighted by molar-refractivity contribution is -0.531. The van der Waals surface area contributed by atoms with Gasteiger partial charge in [0.15, 0.2) is 87.8 Å². The van der Waals surface area contributed by atoms with E-state index in [0.717, 1.165) is 92.4 Å². The molecule has 0 spiro atoms. The van der Waals surface area contributed by atoms with Gasteiger partial charge >= 0.3 is 0 Å². The van der Waals surface area contributed by atoms with E-state index in [1.807, 2.05) is 234 Å². The first-order valence-electron chi connectivity index (χ1n) is 46.1. The number of rotatable bonds is 12. The minimum Gasteiger partial charge on any atom is -0.875 e. The maximum absolute atomic E-state index is 13.2. The Labute approximate surface area is 866 Å². The van der Waals surface area contributed by atoms with E-state index in [1.54, 1.807) is 191 Å². The van der Waals surface area contributed by atoms with Gasteiger partial charge in [-0.3, -0.25) is 4.98 Å². The van der Waals surface area contributed by atoms with Crippen molar-refractivity contribution in [1.29, 1.82) is 0 Å². The Bertz CT molecular complexity index is 6080. The third-order valence-electron chi connectivity index (χ3n) is 19.0. The first kappa shape index (κ1) is 128. The first-order chi connectivity index (χ1) is 66.5. The van der Waals surface area contributed by atoms with Crippen LogP contribution in [-0.2, 0) is 0 Å². The molecular weight excluding hydrogens is 1920 g/mol. The normalized spacial score (nSPS) is 13.0. The van der Waals surface area contributed by atoms with Crippen LogP contribution in [0.1, 0.15) is 263 Å². The van der Waals surface area contributed by atoms with E-state index in [4.69, 9.17) is 27.9 Å². The molecule has 786 valence electrons. The number of aromatic nitrogens is 3. The Morgan fingerprint density at radius 3 is 1.19 bits per heavy atom. The van der Waals surface area contributed by atoms with Crippen LogP contribution in [0.2, 0.25) is 10.0 Å². The number of allylic oxidation sites excluding steroid dienone is 2. The second-order valence-electron chi connectivity index (χ2n) is 42.7. The van der Waals surface area contributed by atoms with Gasteiger partial charge in [-0.1, -0.05) is 144 Å². The van der Waals surface area contributed by atoms with Gasteiger partial charge in [-0.05, 0) is 155 Å². The topological polar surface area (TPSA) is 295 Å². The Morgan fingerprint density at radius 2 is 0.745 bits per heavy atom. The zero-order valence-corrected chi connectivity index (χ0v) is 91.3. The van der Waals surface area contributed by atoms with E-state index >= 15 is 0 Å². The van der Waals surface area contributed by atoms with Crippen molar-refractivity contribution in [3.8, 4) is 11.4 Å². The number of benzene rings is 8. The molecule has 0 aliphatic rings. The van der Waals surface area contributed by atoms with Crippen LogP contribution < -0.4 is 14.9 Å². The number of methoxy groups -OCH3 is 1. The van der Waals surface area contributed by atoms with Crippen molar-refractivity contribution in [3.05, 3.63) is 396 Å². The molecule has 0 bridgehead atoms. The van der Waals surface area contributed by atoms with Gasteiger partial charge in [-0.2, -0.15) is 0 Å². The van der Waals surface area contributed by atoms with Gasteiger partial charge in [0.05, 0.1) is 40.0 Å². The van der Waals surface area contributed by atoms with Crippen LogP contribution in [0, 0.1) is 93.2 Å². The molecule has 3 aromatic heterocycles. The van der Waals surface area contributed by atoms with Crippen molar-refractivity contribution in [2.24, 2.45) is 10.8 Å². The number of halogens is 9. The van der Waals surface area contributed by atoms with Crippen molar-refractivity contribution in [2.45, 2.75) is 252 Å². The van der Waals surface area contributed by atoms with Crippen molar-refractivity contribution in [3.63, 3.8) is 0 Å². The summed E-state index contributed by atoms with van der Waals surface area (Å²) in [5.41, 5.74) is 0.787. The van der Waals surface area contributed by atoms with Gasteiger partial charge < -0.3 is 61.2 Å². The molecule has 11 aromatic rings. The fourth-order valence-electron chi connectivity index (χ4n) is 9.60. The molecule has 0 saturated heterocycles. The van der Waals surface area contributed by atoms with Crippen LogP contribution in [0.4, 0.5) is 30.7 Å². The molecule has 0 amide bonds. The number of hydroxylamine groups is 8. The summed E-state index contributed by atoms with van der Waals surface area (Å²) in [4.78, 5) is 9.03. The highest BCUT2D eigenvalue weighted by Crippen LogP contribution is 2.27. The third kappa shape index (κ3) is 50.6. The van der Waals surface area contributed by atoms with Crippen molar-refractivity contribution in [1.82, 2.24) is 14.5 Å². The van der Waals surface area contributed by atoms with Crippen LogP contribution in [-0.4, -0.2) is 154 Å². The molecule has 0 fully saturated rings. The standard InChI is InChI=1S/C14H17N3O.2C12H15FO.C12H17NO2.C11H13Cl2NO.2C11H13F2NO.C11H14FNO.C10H14N2O.C9H13NOS/c1-14(2,3)17(18)10-12-4-6-13(7-5-12)16-9-8-15-11-16;1-12(2,3)11(14)8-9-4-6-10(13)7-5-9;1-12(2,3)11(14)8-9-6-4-5-7-10(9)13;1-12(2,3)13(14)9-10-7-5-6-8-11(10)15-4;2*1-11(2,3)14(15)7-8-4-5-9(12)6-10(8)13;1-11(2,3)14(15)7-8-9(12)5-4-6-10(8)13;1-11(2,3)13(14)8-9-5-4-6-10(12)7-9;1-10(2,3)12(13)8-9-6-4-5-7-11-9;1-9(2,3)10(11)7-8-5-4-6-12-8/h4-11H,1-3H3;2*4-8,14H,1-3H3;5-9H,1-4H3;3*4-7H,1-3H3;4-8H,1-3H3;4-8H,1-3H3;4-7H,1-3H3/p-2/b17-10-;2*11-8-;13-9-;3*14-7-;13-8-;12-8-;10-7-. The number of nitrogens with zero attached hydrogens (tertiary/aromatic N) is 11. The fourth-order valence-corrected chi connectivity index (χ4v) is 10.7. The zero-order chi connectivity index (χ0) is 111. The highest BCUT2D eigenvalue weighted by Gasteiger charge is 2.26. The smallest absolute Gasteiger partial charge is 0.200 e. The predicted molar refractivity (Wildman–Crippen MR) is 577 cm³/mol. The zero-order valence-electron chi connectivity index (χ0n) is 89.0.